The highest BCUT2D eigenvalue weighted by Crippen LogP contribution is 2.19. The van der Waals surface area contributed by atoms with Gasteiger partial charge in [-0.15, -0.1) is 0 Å². The van der Waals surface area contributed by atoms with Crippen molar-refractivity contribution in [3.63, 3.8) is 0 Å². The van der Waals surface area contributed by atoms with Crippen molar-refractivity contribution < 1.29 is 24.5 Å². The molecule has 6 heteroatoms. The minimum absolute atomic E-state index is 0.0795. The summed E-state index contributed by atoms with van der Waals surface area (Å²) in [4.78, 5) is 26.3. The molecule has 0 aromatic rings. The molecule has 0 aliphatic rings. The van der Waals surface area contributed by atoms with E-state index in [1.165, 1.54) is 225 Å². The Morgan fingerprint density at radius 1 is 0.431 bits per heavy atom. The van der Waals surface area contributed by atoms with Crippen molar-refractivity contribution in [3.8, 4) is 0 Å². The number of nitrogens with one attached hydrogen (secondary N) is 1. The first-order valence-electron chi connectivity index (χ1n) is 29.4. The minimum Gasteiger partial charge on any atom is -0.462 e. The Kier molecular flexibility index (Phi) is 52.4. The molecule has 3 unspecified atom stereocenters. The third-order valence-electron chi connectivity index (χ3n) is 13.8. The van der Waals surface area contributed by atoms with Crippen LogP contribution in [0.15, 0.2) is 12.2 Å². The number of esters is 1. The summed E-state index contributed by atoms with van der Waals surface area (Å²) in [5, 5.41) is 23.9. The average Bonchev–Trinajstić information content (AvgIpc) is 3.30. The van der Waals surface area contributed by atoms with Gasteiger partial charge in [-0.3, -0.25) is 9.59 Å². The summed E-state index contributed by atoms with van der Waals surface area (Å²) >= 11 is 0. The molecule has 3 N–H and O–H groups in total. The quantitative estimate of drug-likeness (QED) is 0.0321. The summed E-state index contributed by atoms with van der Waals surface area (Å²) in [5.74, 6) is -0.459. The van der Waals surface area contributed by atoms with E-state index in [4.69, 9.17) is 4.74 Å². The molecule has 0 spiro atoms. The van der Waals surface area contributed by atoms with E-state index in [0.29, 0.717) is 19.3 Å². The van der Waals surface area contributed by atoms with Crippen molar-refractivity contribution in [2.45, 2.75) is 347 Å². The number of unbranched alkanes of at least 4 members (excludes halogenated alkanes) is 40. The second kappa shape index (κ2) is 53.6. The van der Waals surface area contributed by atoms with Crippen LogP contribution in [0.25, 0.3) is 0 Å². The zero-order chi connectivity index (χ0) is 47.4. The van der Waals surface area contributed by atoms with E-state index in [1.807, 2.05) is 0 Å². The van der Waals surface area contributed by atoms with Gasteiger partial charge in [-0.25, -0.2) is 0 Å². The zero-order valence-electron chi connectivity index (χ0n) is 44.2. The number of carbonyl (C=O) groups excluding carboxylic acids is 2. The molecule has 0 rings (SSSR count). The Morgan fingerprint density at radius 3 is 1.11 bits per heavy atom. The fourth-order valence-electron chi connectivity index (χ4n) is 9.37. The van der Waals surface area contributed by atoms with Gasteiger partial charge in [-0.2, -0.15) is 0 Å². The molecule has 386 valence electrons. The summed E-state index contributed by atoms with van der Waals surface area (Å²) in [6, 6.07) is -0.699. The predicted octanol–water partition coefficient (Wildman–Crippen LogP) is 18.1. The second-order valence-electron chi connectivity index (χ2n) is 20.4. The van der Waals surface area contributed by atoms with Gasteiger partial charge in [0.25, 0.3) is 0 Å². The van der Waals surface area contributed by atoms with Gasteiger partial charge in [0, 0.05) is 6.42 Å². The van der Waals surface area contributed by atoms with Crippen LogP contribution in [0.4, 0.5) is 0 Å². The highest BCUT2D eigenvalue weighted by atomic mass is 16.5. The lowest BCUT2D eigenvalue weighted by atomic mass is 10.0. The Labute approximate surface area is 406 Å². The zero-order valence-corrected chi connectivity index (χ0v) is 44.2. The van der Waals surface area contributed by atoms with Gasteiger partial charge in [-0.1, -0.05) is 277 Å². The first-order chi connectivity index (χ1) is 32.0. The van der Waals surface area contributed by atoms with Crippen LogP contribution >= 0.6 is 0 Å². The highest BCUT2D eigenvalue weighted by molar-refractivity contribution is 5.77. The molecule has 0 saturated heterocycles. The molecule has 0 fully saturated rings. The maximum atomic E-state index is 13.3. The van der Waals surface area contributed by atoms with Crippen molar-refractivity contribution in [2.24, 2.45) is 0 Å². The van der Waals surface area contributed by atoms with Crippen LogP contribution in [0.5, 0.6) is 0 Å². The first-order valence-corrected chi connectivity index (χ1v) is 29.4. The van der Waals surface area contributed by atoms with E-state index in [2.05, 4.69) is 38.2 Å². The molecule has 0 radical (unpaired) electrons. The predicted molar refractivity (Wildman–Crippen MR) is 283 cm³/mol. The van der Waals surface area contributed by atoms with Crippen LogP contribution in [0, 0.1) is 0 Å². The van der Waals surface area contributed by atoms with Gasteiger partial charge in [0.15, 0.2) is 0 Å². The number of hydrogen-bond donors (Lipinski definition) is 3. The number of aliphatic hydroxyl groups is 2. The summed E-state index contributed by atoms with van der Waals surface area (Å²) in [5.41, 5.74) is 0. The molecule has 1 amide bonds. The molecule has 0 aromatic heterocycles. The lowest BCUT2D eigenvalue weighted by molar-refractivity contribution is -0.151. The normalized spacial score (nSPS) is 13.1. The number of allylic oxidation sites excluding steroid dienone is 2. The molecule has 0 aliphatic carbocycles. The summed E-state index contributed by atoms with van der Waals surface area (Å²) in [7, 11) is 0. The SMILES string of the molecule is CCCCCC/C=C\CCCCCCCC(CC(=O)NC(CO)C(O)CCCCCCCCCCCCCCCCCCC)OC(=O)CCCCCCCCCCCCCCCCCC. The van der Waals surface area contributed by atoms with Crippen LogP contribution in [-0.2, 0) is 14.3 Å². The molecule has 0 heterocycles. The van der Waals surface area contributed by atoms with E-state index in [-0.39, 0.29) is 24.9 Å². The van der Waals surface area contributed by atoms with Gasteiger partial charge in [0.1, 0.15) is 6.10 Å². The lowest BCUT2D eigenvalue weighted by Crippen LogP contribution is -2.46. The molecule has 0 aliphatic heterocycles. The minimum atomic E-state index is -0.785. The number of amides is 1. The van der Waals surface area contributed by atoms with Crippen LogP contribution in [-0.4, -0.2) is 46.9 Å². The maximum absolute atomic E-state index is 13.3. The van der Waals surface area contributed by atoms with Crippen molar-refractivity contribution >= 4 is 11.9 Å². The molecular weight excluding hydrogens is 803 g/mol. The number of hydrogen-bond acceptors (Lipinski definition) is 5. The van der Waals surface area contributed by atoms with E-state index in [9.17, 15) is 19.8 Å². The Balaban J connectivity index is 4.46. The number of ether oxygens (including phenoxy) is 1. The molecule has 65 heavy (non-hydrogen) atoms. The first kappa shape index (κ1) is 63.6. The van der Waals surface area contributed by atoms with Gasteiger partial charge < -0.3 is 20.3 Å². The maximum Gasteiger partial charge on any atom is 0.306 e. The third-order valence-corrected chi connectivity index (χ3v) is 13.8. The Bertz CT molecular complexity index is 986. The topological polar surface area (TPSA) is 95.9 Å². The Hall–Kier alpha value is -1.40. The van der Waals surface area contributed by atoms with E-state index in [0.717, 1.165) is 57.8 Å². The van der Waals surface area contributed by atoms with Crippen LogP contribution in [0.3, 0.4) is 0 Å². The number of carbonyl (C=O) groups is 2. The van der Waals surface area contributed by atoms with Crippen molar-refractivity contribution in [1.29, 1.82) is 0 Å². The van der Waals surface area contributed by atoms with E-state index in [1.54, 1.807) is 0 Å². The monoisotopic (exact) mass is 918 g/mol. The number of aliphatic hydroxyl groups excluding tert-OH is 2. The molecule has 0 bridgehead atoms. The molecule has 3 atom stereocenters. The lowest BCUT2D eigenvalue weighted by Gasteiger charge is -2.24. The molecular formula is C59H115NO5. The largest absolute Gasteiger partial charge is 0.462 e. The van der Waals surface area contributed by atoms with Gasteiger partial charge in [0.05, 0.1) is 25.2 Å². The summed E-state index contributed by atoms with van der Waals surface area (Å²) < 4.78 is 5.96. The molecule has 6 nitrogen and oxygen atoms in total. The fraction of sp³-hybridized carbons (Fsp3) is 0.932. The fourth-order valence-corrected chi connectivity index (χ4v) is 9.37. The average molecular weight is 919 g/mol. The van der Waals surface area contributed by atoms with Gasteiger partial charge in [-0.05, 0) is 51.4 Å². The number of rotatable bonds is 54. The van der Waals surface area contributed by atoms with Crippen molar-refractivity contribution in [3.05, 3.63) is 12.2 Å². The highest BCUT2D eigenvalue weighted by Gasteiger charge is 2.24. The van der Waals surface area contributed by atoms with E-state index < -0.39 is 18.2 Å². The second-order valence-corrected chi connectivity index (χ2v) is 20.4. The third kappa shape index (κ3) is 48.9. The van der Waals surface area contributed by atoms with Crippen LogP contribution in [0.1, 0.15) is 329 Å². The Morgan fingerprint density at radius 2 is 0.738 bits per heavy atom. The molecule has 0 aromatic carbocycles. The van der Waals surface area contributed by atoms with Crippen molar-refractivity contribution in [1.82, 2.24) is 5.32 Å². The van der Waals surface area contributed by atoms with Crippen molar-refractivity contribution in [2.75, 3.05) is 6.61 Å². The standard InChI is InChI=1S/C59H115NO5/c1-4-7-10-13-16-19-22-25-27-29-30-33-36-39-42-45-48-51-57(62)56(54-61)60-58(63)53-55(50-47-44-41-38-35-32-24-21-18-15-12-9-6-3)65-59(64)52-49-46-43-40-37-34-31-28-26-23-20-17-14-11-8-5-2/h21,24,55-57,61-62H,4-20,22-23,25-54H2,1-3H3,(H,60,63)/b24-21-. The summed E-state index contributed by atoms with van der Waals surface area (Å²) in [6.45, 7) is 6.52. The van der Waals surface area contributed by atoms with Crippen LogP contribution < -0.4 is 5.32 Å². The van der Waals surface area contributed by atoms with Crippen LogP contribution in [0.2, 0.25) is 0 Å². The molecule has 0 saturated carbocycles. The van der Waals surface area contributed by atoms with E-state index >= 15 is 0 Å². The van der Waals surface area contributed by atoms with Gasteiger partial charge in [0.2, 0.25) is 5.91 Å². The smallest absolute Gasteiger partial charge is 0.306 e. The summed E-state index contributed by atoms with van der Waals surface area (Å²) in [6.07, 6.45) is 61.4. The van der Waals surface area contributed by atoms with Gasteiger partial charge >= 0.3 is 5.97 Å².